The highest BCUT2D eigenvalue weighted by molar-refractivity contribution is 7.17. The van der Waals surface area contributed by atoms with Crippen molar-refractivity contribution in [3.63, 3.8) is 0 Å². The van der Waals surface area contributed by atoms with Crippen LogP contribution in [0, 0.1) is 6.92 Å². The van der Waals surface area contributed by atoms with Crippen LogP contribution in [0.25, 0.3) is 21.1 Å². The maximum atomic E-state index is 13.6. The van der Waals surface area contributed by atoms with Gasteiger partial charge >= 0.3 is 12.6 Å². The number of aryl methyl sites for hydroxylation is 2. The molecular formula is C33H35F2N5O5S. The molecule has 13 heteroatoms. The molecule has 1 aliphatic heterocycles. The Balaban J connectivity index is 1.46. The fourth-order valence-corrected chi connectivity index (χ4v) is 7.12. The van der Waals surface area contributed by atoms with Crippen LogP contribution in [-0.4, -0.2) is 61.8 Å². The summed E-state index contributed by atoms with van der Waals surface area (Å²) in [4.78, 5) is 19.7. The van der Waals surface area contributed by atoms with Crippen LogP contribution in [0.2, 0.25) is 0 Å². The summed E-state index contributed by atoms with van der Waals surface area (Å²) >= 11 is 1.63. The molecule has 1 aliphatic rings. The third-order valence-corrected chi connectivity index (χ3v) is 9.36. The third-order valence-electron chi connectivity index (χ3n) is 8.35. The van der Waals surface area contributed by atoms with Crippen LogP contribution in [0.15, 0.2) is 41.8 Å². The highest BCUT2D eigenvalue weighted by atomic mass is 32.1. The lowest BCUT2D eigenvalue weighted by Crippen LogP contribution is -2.32. The second kappa shape index (κ2) is 13.2. The van der Waals surface area contributed by atoms with E-state index in [4.69, 9.17) is 14.2 Å². The van der Waals surface area contributed by atoms with Gasteiger partial charge in [0, 0.05) is 43.4 Å². The van der Waals surface area contributed by atoms with Gasteiger partial charge < -0.3 is 19.3 Å². The van der Waals surface area contributed by atoms with E-state index in [1.807, 2.05) is 24.4 Å². The molecule has 10 nitrogen and oxygen atoms in total. The van der Waals surface area contributed by atoms with Gasteiger partial charge in [0.2, 0.25) is 5.88 Å². The lowest BCUT2D eigenvalue weighted by molar-refractivity contribution is -0.143. The molecule has 0 saturated carbocycles. The van der Waals surface area contributed by atoms with Crippen molar-refractivity contribution >= 4 is 38.4 Å². The van der Waals surface area contributed by atoms with Crippen LogP contribution < -0.4 is 9.47 Å². The molecule has 0 fully saturated rings. The Hall–Kier alpha value is -4.36. The van der Waals surface area contributed by atoms with Gasteiger partial charge in [0.05, 0.1) is 13.0 Å². The van der Waals surface area contributed by atoms with E-state index in [2.05, 4.69) is 33.2 Å². The summed E-state index contributed by atoms with van der Waals surface area (Å²) in [6.07, 6.45) is 0.705. The number of esters is 1. The van der Waals surface area contributed by atoms with Gasteiger partial charge in [0.15, 0.2) is 5.75 Å². The van der Waals surface area contributed by atoms with Crippen molar-refractivity contribution in [2.24, 2.45) is 7.05 Å². The average molecular weight is 652 g/mol. The van der Waals surface area contributed by atoms with E-state index in [9.17, 15) is 18.7 Å². The first kappa shape index (κ1) is 31.6. The van der Waals surface area contributed by atoms with Crippen LogP contribution in [0.4, 0.5) is 8.78 Å². The zero-order valence-electron chi connectivity index (χ0n) is 26.0. The summed E-state index contributed by atoms with van der Waals surface area (Å²) < 4.78 is 46.3. The Morgan fingerprint density at radius 1 is 1.22 bits per heavy atom. The molecule has 2 aromatic carbocycles. The van der Waals surface area contributed by atoms with Crippen LogP contribution >= 0.6 is 11.3 Å². The quantitative estimate of drug-likeness (QED) is 0.170. The van der Waals surface area contributed by atoms with Gasteiger partial charge in [-0.1, -0.05) is 18.2 Å². The number of rotatable bonds is 10. The van der Waals surface area contributed by atoms with E-state index >= 15 is 0 Å². The molecule has 3 aromatic heterocycles. The van der Waals surface area contributed by atoms with E-state index in [0.29, 0.717) is 53.2 Å². The van der Waals surface area contributed by atoms with E-state index < -0.39 is 18.5 Å². The van der Waals surface area contributed by atoms with Gasteiger partial charge in [-0.05, 0) is 77.6 Å². The van der Waals surface area contributed by atoms with Gasteiger partial charge in [-0.3, -0.25) is 9.69 Å². The maximum Gasteiger partial charge on any atom is 0.387 e. The number of hydrogen-bond donors (Lipinski definition) is 1. The molecule has 0 amide bonds. The highest BCUT2D eigenvalue weighted by Crippen LogP contribution is 2.41. The second-order valence-corrected chi connectivity index (χ2v) is 12.3. The molecular weight excluding hydrogens is 616 g/mol. The SMILES string of the molecule is CCOC(=O)CC(c1cc(CN2Cc3nc(O)ccc3O[C@H](CC)C2)c2sccc2c1)c1cc(OC(F)F)c2c(nnn2C)c1C. The number of aromatic nitrogens is 4. The van der Waals surface area contributed by atoms with Crippen molar-refractivity contribution in [2.45, 2.75) is 65.3 Å². The number of thiophene rings is 1. The van der Waals surface area contributed by atoms with Gasteiger partial charge in [0.1, 0.15) is 28.6 Å². The number of pyridine rings is 1. The van der Waals surface area contributed by atoms with Crippen LogP contribution in [-0.2, 0) is 29.7 Å². The van der Waals surface area contributed by atoms with Crippen LogP contribution in [0.5, 0.6) is 17.4 Å². The Morgan fingerprint density at radius 2 is 2.04 bits per heavy atom. The predicted octanol–water partition coefficient (Wildman–Crippen LogP) is 6.45. The van der Waals surface area contributed by atoms with E-state index in [1.165, 1.54) is 10.7 Å². The maximum absolute atomic E-state index is 13.6. The first-order valence-electron chi connectivity index (χ1n) is 15.2. The predicted molar refractivity (Wildman–Crippen MR) is 170 cm³/mol. The normalized spacial score (nSPS) is 15.9. The largest absolute Gasteiger partial charge is 0.493 e. The lowest BCUT2D eigenvalue weighted by atomic mass is 9.84. The van der Waals surface area contributed by atoms with Crippen molar-refractivity contribution in [1.29, 1.82) is 0 Å². The average Bonchev–Trinajstić information content (AvgIpc) is 3.61. The Labute approximate surface area is 268 Å². The Morgan fingerprint density at radius 3 is 2.80 bits per heavy atom. The van der Waals surface area contributed by atoms with E-state index in [0.717, 1.165) is 27.6 Å². The highest BCUT2D eigenvalue weighted by Gasteiger charge is 2.29. The standard InChI is InChI=1S/C33H35F2N5O5S/c1-5-22-16-40(17-25-26(44-22)7-8-28(41)36-25)15-21-12-20(11-19-9-10-46-32(19)21)24(14-29(42)43-6-2)23-13-27(45-33(34)35)31-30(18(23)3)37-38-39(31)4/h7-13,22,24,33H,5-6,14-17H2,1-4H3,(H,36,41)/t22-,24?/m1/s1. The minimum Gasteiger partial charge on any atom is -0.493 e. The van der Waals surface area contributed by atoms with Crippen molar-refractivity contribution in [1.82, 2.24) is 24.9 Å². The molecule has 6 rings (SSSR count). The van der Waals surface area contributed by atoms with Crippen molar-refractivity contribution in [3.8, 4) is 17.4 Å². The summed E-state index contributed by atoms with van der Waals surface area (Å²) in [7, 11) is 1.62. The summed E-state index contributed by atoms with van der Waals surface area (Å²) in [5.41, 5.74) is 4.64. The monoisotopic (exact) mass is 651 g/mol. The number of carbonyl (C=O) groups is 1. The minimum atomic E-state index is -3.06. The molecule has 1 unspecified atom stereocenters. The third kappa shape index (κ3) is 6.34. The molecule has 4 heterocycles. The molecule has 0 saturated heterocycles. The van der Waals surface area contributed by atoms with Gasteiger partial charge in [0.25, 0.3) is 0 Å². The molecule has 1 N–H and O–H groups in total. The number of halogens is 2. The summed E-state index contributed by atoms with van der Waals surface area (Å²) in [5, 5.41) is 21.4. The number of aromatic hydroxyl groups is 1. The van der Waals surface area contributed by atoms with Gasteiger partial charge in [-0.2, -0.15) is 8.78 Å². The van der Waals surface area contributed by atoms with Crippen molar-refractivity contribution in [2.75, 3.05) is 13.2 Å². The number of fused-ring (bicyclic) bond motifs is 3. The van der Waals surface area contributed by atoms with Gasteiger partial charge in [-0.15, -0.1) is 16.4 Å². The first-order chi connectivity index (χ1) is 22.1. The smallest absolute Gasteiger partial charge is 0.387 e. The topological polar surface area (TPSA) is 112 Å². The molecule has 0 bridgehead atoms. The number of carbonyl (C=O) groups excluding carboxylic acids is 1. The van der Waals surface area contributed by atoms with Crippen molar-refractivity contribution < 1.29 is 32.9 Å². The number of alkyl halides is 2. The summed E-state index contributed by atoms with van der Waals surface area (Å²) in [6, 6.07) is 11.0. The second-order valence-electron chi connectivity index (χ2n) is 11.4. The molecule has 0 radical (unpaired) electrons. The number of benzene rings is 2. The Kier molecular flexibility index (Phi) is 9.05. The minimum absolute atomic E-state index is 0.0182. The summed E-state index contributed by atoms with van der Waals surface area (Å²) in [5.74, 6) is -0.426. The molecule has 2 atom stereocenters. The lowest BCUT2D eigenvalue weighted by Gasteiger charge is -2.25. The van der Waals surface area contributed by atoms with E-state index in [-0.39, 0.29) is 30.8 Å². The number of hydrogen-bond acceptors (Lipinski definition) is 10. The number of ether oxygens (including phenoxy) is 3. The van der Waals surface area contributed by atoms with Crippen molar-refractivity contribution in [3.05, 3.63) is 69.7 Å². The molecule has 0 aliphatic carbocycles. The van der Waals surface area contributed by atoms with Crippen LogP contribution in [0.1, 0.15) is 60.6 Å². The zero-order valence-corrected chi connectivity index (χ0v) is 26.8. The molecule has 5 aromatic rings. The molecule has 46 heavy (non-hydrogen) atoms. The van der Waals surface area contributed by atoms with E-state index in [1.54, 1.807) is 37.4 Å². The zero-order chi connectivity index (χ0) is 32.5. The first-order valence-corrected chi connectivity index (χ1v) is 16.0. The fraction of sp³-hybridized carbons (Fsp3) is 0.394. The van der Waals surface area contributed by atoms with Gasteiger partial charge in [-0.25, -0.2) is 9.67 Å². The fourth-order valence-electron chi connectivity index (χ4n) is 6.24. The number of nitrogens with zero attached hydrogens (tertiary/aromatic N) is 5. The van der Waals surface area contributed by atoms with Crippen LogP contribution in [0.3, 0.4) is 0 Å². The Bertz CT molecular complexity index is 1890. The summed E-state index contributed by atoms with van der Waals surface area (Å²) in [6.45, 7) is 4.49. The molecule has 0 spiro atoms. The molecule has 242 valence electrons.